The lowest BCUT2D eigenvalue weighted by Gasteiger charge is -2.62. The molecule has 0 radical (unpaired) electrons. The summed E-state index contributed by atoms with van der Waals surface area (Å²) < 4.78 is 12.3. The predicted molar refractivity (Wildman–Crippen MR) is 227 cm³/mol. The van der Waals surface area contributed by atoms with Crippen LogP contribution in [0, 0.1) is 29.1 Å². The Hall–Kier alpha value is -4.94. The van der Waals surface area contributed by atoms with Gasteiger partial charge in [0.2, 0.25) is 5.91 Å². The number of fused-ring (bicyclic) bond motifs is 4. The molecule has 0 aromatic heterocycles. The highest BCUT2D eigenvalue weighted by Gasteiger charge is 2.57. The van der Waals surface area contributed by atoms with Gasteiger partial charge in [-0.25, -0.2) is 0 Å². The van der Waals surface area contributed by atoms with E-state index >= 15 is 0 Å². The van der Waals surface area contributed by atoms with Gasteiger partial charge in [-0.05, 0) is 78.8 Å². The average molecular weight is 803 g/mol. The highest BCUT2D eigenvalue weighted by Crippen LogP contribution is 2.61. The van der Waals surface area contributed by atoms with Gasteiger partial charge in [-0.2, -0.15) is 5.06 Å². The molecular weight excluding hydrogens is 745 g/mol. The van der Waals surface area contributed by atoms with Crippen molar-refractivity contribution in [1.29, 1.82) is 0 Å². The Balaban J connectivity index is 1.06. The number of anilines is 1. The molecule has 3 saturated carbocycles. The number of methoxy groups -OCH3 is 1. The van der Waals surface area contributed by atoms with Crippen molar-refractivity contribution in [3.8, 4) is 28.4 Å². The van der Waals surface area contributed by atoms with Gasteiger partial charge < -0.3 is 35.2 Å². The number of nitrogens with one attached hydrogen (secondary N) is 2. The number of rotatable bonds is 12. The molecule has 4 aromatic rings. The van der Waals surface area contributed by atoms with Crippen LogP contribution in [0.5, 0.6) is 17.2 Å². The zero-order valence-corrected chi connectivity index (χ0v) is 35.1. The summed E-state index contributed by atoms with van der Waals surface area (Å²) in [6, 6.07) is 26.6. The lowest BCUT2D eigenvalue weighted by molar-refractivity contribution is -0.183. The van der Waals surface area contributed by atoms with Crippen LogP contribution in [0.4, 0.5) is 5.69 Å². The molecule has 9 rings (SSSR count). The van der Waals surface area contributed by atoms with E-state index in [4.69, 9.17) is 14.3 Å². The molecule has 4 aromatic carbocycles. The molecule has 5 aliphatic rings. The van der Waals surface area contributed by atoms with Crippen LogP contribution >= 0.6 is 0 Å². The van der Waals surface area contributed by atoms with Gasteiger partial charge in [0.25, 0.3) is 5.91 Å². The number of carbonyl (C=O) groups excluding carboxylic acids is 2. The number of nitrogens with zero attached hydrogens (tertiary/aromatic N) is 2. The summed E-state index contributed by atoms with van der Waals surface area (Å²) in [6.45, 7) is 8.74. The third-order valence-corrected chi connectivity index (χ3v) is 14.0. The quantitative estimate of drug-likeness (QED) is 0.123. The second-order valence-corrected chi connectivity index (χ2v) is 17.8. The lowest BCUT2D eigenvalue weighted by atomic mass is 9.45. The standard InChI is InChI=1S/C48H58N4O7/c1-27-38-22-32(48(38,3)4)23-39(27)50-47(56)44-43(28(2)54)42(26-53)59-52(44)25-29-13-12-16-34(45(29)57-7)30-19-31(21-33(20-30)51(5)6)46(55)49-24-37-35-14-8-10-17-40(35)58-41-18-11-9-15-36(37)41/h8-21,27-28,32,37-39,42-44,53-54H,22-26H2,1-7H3,(H,49,55)(H,50,56)/t27-,28-,32+,38-,39-,42-,43+,44-/m0/s1. The summed E-state index contributed by atoms with van der Waals surface area (Å²) in [6.07, 6.45) is 0.442. The van der Waals surface area contributed by atoms with Crippen LogP contribution < -0.4 is 25.0 Å². The van der Waals surface area contributed by atoms with Crippen molar-refractivity contribution >= 4 is 17.5 Å². The number of hydroxylamine groups is 2. The van der Waals surface area contributed by atoms with Crippen molar-refractivity contribution in [3.63, 3.8) is 0 Å². The van der Waals surface area contributed by atoms with Crippen LogP contribution in [-0.4, -0.2) is 85.7 Å². The summed E-state index contributed by atoms with van der Waals surface area (Å²) in [4.78, 5) is 36.7. The van der Waals surface area contributed by atoms with Crippen LogP contribution in [0.2, 0.25) is 0 Å². The summed E-state index contributed by atoms with van der Waals surface area (Å²) >= 11 is 0. The van der Waals surface area contributed by atoms with E-state index in [0.29, 0.717) is 35.6 Å². The van der Waals surface area contributed by atoms with Gasteiger partial charge in [0.05, 0.1) is 26.4 Å². The SMILES string of the molecule is COc1c(CN2O[C@@H](CO)[C@@H]([C@H](C)O)[C@H]2C(=O)N[C@H]2C[C@H]3C[C@@H]([C@@H]2C)C3(C)C)cccc1-c1cc(C(=O)NCC2c3ccccc3Oc3ccccc32)cc(N(C)C)c1. The minimum absolute atomic E-state index is 0.0282. The molecule has 0 spiro atoms. The Morgan fingerprint density at radius 3 is 2.29 bits per heavy atom. The fraction of sp³-hybridized carbons (Fsp3) is 0.458. The Morgan fingerprint density at radius 2 is 1.68 bits per heavy atom. The molecule has 312 valence electrons. The fourth-order valence-electron chi connectivity index (χ4n) is 10.5. The Morgan fingerprint density at radius 1 is 0.983 bits per heavy atom. The number of carbonyl (C=O) groups is 2. The normalized spacial score (nSPS) is 26.1. The first-order chi connectivity index (χ1) is 28.3. The van der Waals surface area contributed by atoms with E-state index in [1.54, 1.807) is 19.1 Å². The molecule has 11 nitrogen and oxygen atoms in total. The highest BCUT2D eigenvalue weighted by molar-refractivity contribution is 5.97. The van der Waals surface area contributed by atoms with Crippen molar-refractivity contribution in [3.05, 3.63) is 107 Å². The lowest BCUT2D eigenvalue weighted by Crippen LogP contribution is -2.62. The maximum atomic E-state index is 14.3. The second-order valence-electron chi connectivity index (χ2n) is 17.8. The molecule has 11 heteroatoms. The van der Waals surface area contributed by atoms with Crippen LogP contribution in [0.15, 0.2) is 84.9 Å². The van der Waals surface area contributed by atoms with Crippen molar-refractivity contribution in [2.75, 3.05) is 39.3 Å². The number of hydrogen-bond donors (Lipinski definition) is 4. The van der Waals surface area contributed by atoms with Crippen molar-refractivity contribution in [2.45, 2.75) is 77.3 Å². The molecule has 2 heterocycles. The Kier molecular flexibility index (Phi) is 11.2. The minimum atomic E-state index is -0.911. The number of amides is 2. The smallest absolute Gasteiger partial charge is 0.251 e. The summed E-state index contributed by atoms with van der Waals surface area (Å²) in [7, 11) is 5.49. The molecule has 3 aliphatic carbocycles. The van der Waals surface area contributed by atoms with Crippen molar-refractivity contribution < 1.29 is 34.1 Å². The molecule has 59 heavy (non-hydrogen) atoms. The fourth-order valence-corrected chi connectivity index (χ4v) is 10.5. The summed E-state index contributed by atoms with van der Waals surface area (Å²) in [5.74, 6) is 2.41. The van der Waals surface area contributed by atoms with Gasteiger partial charge in [0.15, 0.2) is 0 Å². The third-order valence-electron chi connectivity index (χ3n) is 14.0. The molecule has 8 atom stereocenters. The van der Waals surface area contributed by atoms with Gasteiger partial charge in [-0.1, -0.05) is 75.4 Å². The number of para-hydroxylation sites is 3. The molecule has 0 unspecified atom stereocenters. The van der Waals surface area contributed by atoms with E-state index < -0.39 is 24.2 Å². The first-order valence-corrected chi connectivity index (χ1v) is 21.0. The Bertz CT molecular complexity index is 2160. The van der Waals surface area contributed by atoms with Gasteiger partial charge in [-0.15, -0.1) is 0 Å². The molecule has 2 aliphatic heterocycles. The number of aliphatic hydroxyl groups excluding tert-OH is 2. The average Bonchev–Trinajstić information content (AvgIpc) is 3.61. The summed E-state index contributed by atoms with van der Waals surface area (Å²) in [5, 5.41) is 29.6. The van der Waals surface area contributed by atoms with E-state index in [1.807, 2.05) is 104 Å². The van der Waals surface area contributed by atoms with E-state index in [9.17, 15) is 19.8 Å². The monoisotopic (exact) mass is 802 g/mol. The second kappa shape index (κ2) is 16.3. The molecule has 4 N–H and O–H groups in total. The predicted octanol–water partition coefficient (Wildman–Crippen LogP) is 6.76. The van der Waals surface area contributed by atoms with E-state index in [1.165, 1.54) is 6.42 Å². The minimum Gasteiger partial charge on any atom is -0.496 e. The van der Waals surface area contributed by atoms with E-state index in [0.717, 1.165) is 51.4 Å². The van der Waals surface area contributed by atoms with E-state index in [-0.39, 0.29) is 42.3 Å². The third kappa shape index (κ3) is 7.47. The Labute approximate surface area is 347 Å². The van der Waals surface area contributed by atoms with Gasteiger partial charge in [0, 0.05) is 72.0 Å². The van der Waals surface area contributed by atoms with Crippen LogP contribution in [0.3, 0.4) is 0 Å². The van der Waals surface area contributed by atoms with Gasteiger partial charge in [0.1, 0.15) is 29.4 Å². The summed E-state index contributed by atoms with van der Waals surface area (Å²) in [5.41, 5.74) is 5.94. The first-order valence-electron chi connectivity index (χ1n) is 21.0. The maximum Gasteiger partial charge on any atom is 0.251 e. The molecule has 2 amide bonds. The zero-order valence-electron chi connectivity index (χ0n) is 35.1. The van der Waals surface area contributed by atoms with Crippen LogP contribution in [0.25, 0.3) is 11.1 Å². The number of hydrogen-bond acceptors (Lipinski definition) is 9. The number of aliphatic hydroxyl groups is 2. The zero-order chi connectivity index (χ0) is 41.7. The molecular formula is C48H58N4O7. The van der Waals surface area contributed by atoms with Crippen LogP contribution in [-0.2, 0) is 16.2 Å². The maximum absolute atomic E-state index is 14.3. The highest BCUT2D eigenvalue weighted by atomic mass is 16.7. The van der Waals surface area contributed by atoms with Crippen molar-refractivity contribution in [1.82, 2.24) is 15.7 Å². The molecule has 2 bridgehead atoms. The molecule has 4 fully saturated rings. The van der Waals surface area contributed by atoms with Crippen molar-refractivity contribution in [2.24, 2.45) is 29.1 Å². The first kappa shape index (κ1) is 40.8. The van der Waals surface area contributed by atoms with E-state index in [2.05, 4.69) is 31.4 Å². The van der Waals surface area contributed by atoms with Gasteiger partial charge in [-0.3, -0.25) is 14.4 Å². The van der Waals surface area contributed by atoms with Crippen LogP contribution in [0.1, 0.15) is 73.5 Å². The number of ether oxygens (including phenoxy) is 2. The largest absolute Gasteiger partial charge is 0.496 e. The topological polar surface area (TPSA) is 133 Å². The number of benzene rings is 4. The molecule has 1 saturated heterocycles. The van der Waals surface area contributed by atoms with Gasteiger partial charge >= 0.3 is 0 Å².